The first-order valence-corrected chi connectivity index (χ1v) is 9.04. The molecule has 2 aromatic rings. The summed E-state index contributed by atoms with van der Waals surface area (Å²) in [7, 11) is 0. The molecule has 0 aromatic heterocycles. The lowest BCUT2D eigenvalue weighted by atomic mass is 10.1. The number of nitrogens with zero attached hydrogens (tertiary/aromatic N) is 1. The van der Waals surface area contributed by atoms with Crippen LogP contribution in [0.3, 0.4) is 0 Å². The van der Waals surface area contributed by atoms with Crippen molar-refractivity contribution in [2.24, 2.45) is 11.7 Å². The Kier molecular flexibility index (Phi) is 6.44. The van der Waals surface area contributed by atoms with E-state index in [1.807, 2.05) is 35.2 Å². The van der Waals surface area contributed by atoms with Crippen LogP contribution in [0.4, 0.5) is 0 Å². The molecule has 0 saturated carbocycles. The number of primary amides is 1. The van der Waals surface area contributed by atoms with Crippen LogP contribution >= 0.6 is 0 Å². The lowest BCUT2D eigenvalue weighted by Gasteiger charge is -2.18. The number of benzene rings is 2. The van der Waals surface area contributed by atoms with Gasteiger partial charge in [0.25, 0.3) is 11.8 Å². The van der Waals surface area contributed by atoms with Crippen molar-refractivity contribution in [2.75, 3.05) is 26.3 Å². The van der Waals surface area contributed by atoms with Gasteiger partial charge in [0.05, 0.1) is 18.8 Å². The Balaban J connectivity index is 1.52. The third kappa shape index (κ3) is 5.31. The fourth-order valence-electron chi connectivity index (χ4n) is 3.16. The summed E-state index contributed by atoms with van der Waals surface area (Å²) in [6, 6.07) is 17.0. The fraction of sp³-hybridized carbons (Fsp3) is 0.333. The zero-order valence-corrected chi connectivity index (χ0v) is 15.2. The lowest BCUT2D eigenvalue weighted by molar-refractivity contribution is -0.119. The van der Waals surface area contributed by atoms with Crippen LogP contribution in [-0.2, 0) is 16.1 Å². The van der Waals surface area contributed by atoms with Gasteiger partial charge in [-0.15, -0.1) is 0 Å². The molecule has 1 aliphatic heterocycles. The number of para-hydroxylation sites is 1. The SMILES string of the molecule is NC(=O)COc1ccccc1C(=O)N1CCC(COCc2ccccc2)C1. The molecular formula is C21H24N2O4. The predicted molar refractivity (Wildman–Crippen MR) is 101 cm³/mol. The van der Waals surface area contributed by atoms with Gasteiger partial charge in [0, 0.05) is 19.0 Å². The van der Waals surface area contributed by atoms with Crippen LogP contribution in [-0.4, -0.2) is 43.0 Å². The maximum Gasteiger partial charge on any atom is 0.257 e. The second kappa shape index (κ2) is 9.19. The minimum Gasteiger partial charge on any atom is -0.483 e. The van der Waals surface area contributed by atoms with E-state index < -0.39 is 5.91 Å². The van der Waals surface area contributed by atoms with Crippen LogP contribution in [0.2, 0.25) is 0 Å². The molecule has 3 rings (SSSR count). The molecule has 1 aliphatic rings. The van der Waals surface area contributed by atoms with E-state index in [1.54, 1.807) is 24.3 Å². The van der Waals surface area contributed by atoms with Gasteiger partial charge < -0.3 is 20.1 Å². The molecule has 1 unspecified atom stereocenters. The van der Waals surface area contributed by atoms with Crippen molar-refractivity contribution in [2.45, 2.75) is 13.0 Å². The zero-order chi connectivity index (χ0) is 19.1. The number of rotatable bonds is 8. The average molecular weight is 368 g/mol. The molecule has 1 atom stereocenters. The van der Waals surface area contributed by atoms with Crippen LogP contribution in [0.5, 0.6) is 5.75 Å². The summed E-state index contributed by atoms with van der Waals surface area (Å²) >= 11 is 0. The second-order valence-electron chi connectivity index (χ2n) is 6.66. The molecule has 2 aromatic carbocycles. The number of hydrogen-bond acceptors (Lipinski definition) is 4. The summed E-state index contributed by atoms with van der Waals surface area (Å²) in [5, 5.41) is 0. The van der Waals surface area contributed by atoms with Crippen molar-refractivity contribution in [3.63, 3.8) is 0 Å². The molecule has 1 fully saturated rings. The summed E-state index contributed by atoms with van der Waals surface area (Å²) < 4.78 is 11.2. The van der Waals surface area contributed by atoms with Gasteiger partial charge in [0.15, 0.2) is 6.61 Å². The molecule has 0 radical (unpaired) electrons. The normalized spacial score (nSPS) is 16.3. The van der Waals surface area contributed by atoms with Crippen molar-refractivity contribution in [1.82, 2.24) is 4.90 Å². The molecule has 27 heavy (non-hydrogen) atoms. The van der Waals surface area contributed by atoms with Crippen LogP contribution in [0.25, 0.3) is 0 Å². The third-order valence-electron chi connectivity index (χ3n) is 4.53. The highest BCUT2D eigenvalue weighted by molar-refractivity contribution is 5.97. The van der Waals surface area contributed by atoms with Gasteiger partial charge in [-0.1, -0.05) is 42.5 Å². The predicted octanol–water partition coefficient (Wildman–Crippen LogP) is 2.23. The number of carbonyl (C=O) groups is 2. The lowest BCUT2D eigenvalue weighted by Crippen LogP contribution is -2.30. The van der Waals surface area contributed by atoms with E-state index in [9.17, 15) is 9.59 Å². The molecule has 6 nitrogen and oxygen atoms in total. The molecule has 142 valence electrons. The molecule has 0 spiro atoms. The van der Waals surface area contributed by atoms with Crippen molar-refractivity contribution in [3.05, 3.63) is 65.7 Å². The monoisotopic (exact) mass is 368 g/mol. The van der Waals surface area contributed by atoms with Crippen LogP contribution in [0.15, 0.2) is 54.6 Å². The molecule has 2 amide bonds. The highest BCUT2D eigenvalue weighted by Gasteiger charge is 2.28. The van der Waals surface area contributed by atoms with E-state index in [-0.39, 0.29) is 12.5 Å². The van der Waals surface area contributed by atoms with Crippen molar-refractivity contribution in [1.29, 1.82) is 0 Å². The van der Waals surface area contributed by atoms with Gasteiger partial charge in [-0.05, 0) is 24.1 Å². The van der Waals surface area contributed by atoms with E-state index in [0.717, 1.165) is 12.0 Å². The number of hydrogen-bond donors (Lipinski definition) is 1. The topological polar surface area (TPSA) is 81.9 Å². The summed E-state index contributed by atoms with van der Waals surface area (Å²) in [4.78, 5) is 25.6. The Labute approximate surface area is 158 Å². The van der Waals surface area contributed by atoms with Crippen molar-refractivity contribution in [3.8, 4) is 5.75 Å². The highest BCUT2D eigenvalue weighted by atomic mass is 16.5. The molecule has 0 bridgehead atoms. The summed E-state index contributed by atoms with van der Waals surface area (Å²) in [6.07, 6.45) is 0.908. The zero-order valence-electron chi connectivity index (χ0n) is 15.2. The number of carbonyl (C=O) groups excluding carboxylic acids is 2. The van der Waals surface area contributed by atoms with Crippen molar-refractivity contribution >= 4 is 11.8 Å². The van der Waals surface area contributed by atoms with Gasteiger partial charge >= 0.3 is 0 Å². The molecule has 0 aliphatic carbocycles. The first-order valence-electron chi connectivity index (χ1n) is 9.04. The Hall–Kier alpha value is -2.86. The van der Waals surface area contributed by atoms with E-state index in [1.165, 1.54) is 0 Å². The van der Waals surface area contributed by atoms with E-state index in [2.05, 4.69) is 0 Å². The fourth-order valence-corrected chi connectivity index (χ4v) is 3.16. The second-order valence-corrected chi connectivity index (χ2v) is 6.66. The quantitative estimate of drug-likeness (QED) is 0.775. The summed E-state index contributed by atoms with van der Waals surface area (Å²) in [5.74, 6) is 0.0242. The standard InChI is InChI=1S/C21H24N2O4/c22-20(24)15-27-19-9-5-4-8-18(19)21(25)23-11-10-17(12-23)14-26-13-16-6-2-1-3-7-16/h1-9,17H,10-15H2,(H2,22,24). The van der Waals surface area contributed by atoms with Gasteiger partial charge in [-0.3, -0.25) is 9.59 Å². The molecule has 6 heteroatoms. The molecule has 2 N–H and O–H groups in total. The Morgan fingerprint density at radius 1 is 1.07 bits per heavy atom. The summed E-state index contributed by atoms with van der Waals surface area (Å²) in [5.41, 5.74) is 6.71. The summed E-state index contributed by atoms with van der Waals surface area (Å²) in [6.45, 7) is 2.29. The first-order chi connectivity index (χ1) is 13.1. The van der Waals surface area contributed by atoms with Gasteiger partial charge in [0.1, 0.15) is 5.75 Å². The maximum atomic E-state index is 12.8. The Bertz CT molecular complexity index is 779. The van der Waals surface area contributed by atoms with Gasteiger partial charge in [-0.2, -0.15) is 0 Å². The number of amides is 2. The smallest absolute Gasteiger partial charge is 0.257 e. The highest BCUT2D eigenvalue weighted by Crippen LogP contribution is 2.24. The molecule has 1 saturated heterocycles. The van der Waals surface area contributed by atoms with E-state index >= 15 is 0 Å². The largest absolute Gasteiger partial charge is 0.483 e. The van der Waals surface area contributed by atoms with Crippen LogP contribution in [0, 0.1) is 5.92 Å². The number of ether oxygens (including phenoxy) is 2. The Morgan fingerprint density at radius 2 is 1.81 bits per heavy atom. The van der Waals surface area contributed by atoms with Crippen LogP contribution in [0.1, 0.15) is 22.3 Å². The van der Waals surface area contributed by atoms with Gasteiger partial charge in [-0.25, -0.2) is 0 Å². The number of nitrogens with two attached hydrogens (primary N) is 1. The Morgan fingerprint density at radius 3 is 2.59 bits per heavy atom. The number of likely N-dealkylation sites (tertiary alicyclic amines) is 1. The minimum atomic E-state index is -0.575. The minimum absolute atomic E-state index is 0.0966. The first kappa shape index (κ1) is 18.9. The average Bonchev–Trinajstić information content (AvgIpc) is 3.16. The molecule has 1 heterocycles. The van der Waals surface area contributed by atoms with E-state index in [0.29, 0.717) is 43.5 Å². The maximum absolute atomic E-state index is 12.8. The van der Waals surface area contributed by atoms with Gasteiger partial charge in [0.2, 0.25) is 0 Å². The van der Waals surface area contributed by atoms with Crippen molar-refractivity contribution < 1.29 is 19.1 Å². The van der Waals surface area contributed by atoms with Crippen LogP contribution < -0.4 is 10.5 Å². The molecular weight excluding hydrogens is 344 g/mol. The third-order valence-corrected chi connectivity index (χ3v) is 4.53. The van der Waals surface area contributed by atoms with E-state index in [4.69, 9.17) is 15.2 Å².